The Hall–Kier alpha value is -3.09. The first-order valence-corrected chi connectivity index (χ1v) is 13.1. The zero-order valence-corrected chi connectivity index (χ0v) is 22.1. The van der Waals surface area contributed by atoms with Gasteiger partial charge in [0, 0.05) is 48.8 Å². The van der Waals surface area contributed by atoms with Crippen molar-refractivity contribution in [2.75, 3.05) is 27.2 Å². The number of hydrogen-bond donors (Lipinski definition) is 1. The van der Waals surface area contributed by atoms with Crippen LogP contribution in [0.4, 0.5) is 0 Å². The van der Waals surface area contributed by atoms with Crippen LogP contribution in [0.15, 0.2) is 54.7 Å². The number of carbonyl (C=O) groups excluding carboxylic acids is 1. The average Bonchev–Trinajstić information content (AvgIpc) is 3.29. The van der Waals surface area contributed by atoms with E-state index in [1.165, 1.54) is 33.2 Å². The molecule has 1 aromatic heterocycles. The van der Waals surface area contributed by atoms with Crippen molar-refractivity contribution < 1.29 is 9.53 Å². The summed E-state index contributed by atoms with van der Waals surface area (Å²) in [4.78, 5) is 20.0. The lowest BCUT2D eigenvalue weighted by Crippen LogP contribution is -2.55. The van der Waals surface area contributed by atoms with E-state index in [4.69, 9.17) is 4.74 Å². The molecule has 0 fully saturated rings. The second kappa shape index (κ2) is 10.1. The third-order valence-electron chi connectivity index (χ3n) is 7.61. The van der Waals surface area contributed by atoms with Crippen LogP contribution in [0, 0.1) is 5.92 Å². The minimum Gasteiger partial charge on any atom is -0.497 e. The zero-order chi connectivity index (χ0) is 25.4. The van der Waals surface area contributed by atoms with Crippen molar-refractivity contribution in [1.82, 2.24) is 19.9 Å². The lowest BCUT2D eigenvalue weighted by atomic mass is 9.79. The van der Waals surface area contributed by atoms with Crippen molar-refractivity contribution in [2.45, 2.75) is 52.2 Å². The lowest BCUT2D eigenvalue weighted by molar-refractivity contribution is -0.159. The molecule has 0 bridgehead atoms. The van der Waals surface area contributed by atoms with Gasteiger partial charge in [-0.1, -0.05) is 37.3 Å². The van der Waals surface area contributed by atoms with Crippen LogP contribution < -0.4 is 4.74 Å². The van der Waals surface area contributed by atoms with Crippen molar-refractivity contribution in [1.29, 1.82) is 0 Å². The Morgan fingerprint density at radius 2 is 1.97 bits per heavy atom. The summed E-state index contributed by atoms with van der Waals surface area (Å²) in [7, 11) is 3.85. The van der Waals surface area contributed by atoms with Gasteiger partial charge >= 0.3 is 0 Å². The maximum atomic E-state index is 14.2. The molecule has 6 heteroatoms. The van der Waals surface area contributed by atoms with E-state index in [1.54, 1.807) is 7.11 Å². The van der Waals surface area contributed by atoms with Gasteiger partial charge in [0.15, 0.2) is 0 Å². The second-order valence-corrected chi connectivity index (χ2v) is 10.4. The molecule has 2 atom stereocenters. The van der Waals surface area contributed by atoms with Crippen molar-refractivity contribution in [3.8, 4) is 5.75 Å². The van der Waals surface area contributed by atoms with Gasteiger partial charge in [-0.05, 0) is 74.2 Å². The molecule has 1 amide bonds. The Kier molecular flexibility index (Phi) is 6.91. The van der Waals surface area contributed by atoms with Crippen LogP contribution in [0.25, 0.3) is 16.5 Å². The Morgan fingerprint density at radius 1 is 1.19 bits per heavy atom. The molecule has 2 aromatic carbocycles. The molecule has 2 aliphatic rings. The quantitative estimate of drug-likeness (QED) is 0.450. The number of carbonyl (C=O) groups is 1. The van der Waals surface area contributed by atoms with E-state index < -0.39 is 0 Å². The van der Waals surface area contributed by atoms with Crippen LogP contribution in [-0.2, 0) is 17.8 Å². The molecule has 0 unspecified atom stereocenters. The number of hydrazine groups is 1. The highest BCUT2D eigenvalue weighted by atomic mass is 16.5. The summed E-state index contributed by atoms with van der Waals surface area (Å²) in [5, 5.41) is 5.55. The van der Waals surface area contributed by atoms with Crippen molar-refractivity contribution in [3.05, 3.63) is 71.4 Å². The number of likely N-dealkylation sites (N-methyl/N-ethyl adjacent to an activating group) is 1. The fourth-order valence-electron chi connectivity index (χ4n) is 5.96. The molecule has 1 N–H and O–H groups in total. The maximum Gasteiger partial charge on any atom is 0.245 e. The van der Waals surface area contributed by atoms with Gasteiger partial charge in [0.1, 0.15) is 5.75 Å². The molecular weight excluding hydrogens is 448 g/mol. The van der Waals surface area contributed by atoms with E-state index in [-0.39, 0.29) is 17.9 Å². The Labute approximate surface area is 214 Å². The summed E-state index contributed by atoms with van der Waals surface area (Å²) >= 11 is 0. The number of aromatic nitrogens is 1. The topological polar surface area (TPSA) is 51.8 Å². The average molecular weight is 487 g/mol. The highest BCUT2D eigenvalue weighted by Crippen LogP contribution is 2.41. The number of fused-ring (bicyclic) bond motifs is 2. The summed E-state index contributed by atoms with van der Waals surface area (Å²) in [6.45, 7) is 8.64. The zero-order valence-electron chi connectivity index (χ0n) is 22.1. The van der Waals surface area contributed by atoms with Crippen molar-refractivity contribution in [3.63, 3.8) is 0 Å². The predicted molar refractivity (Wildman–Crippen MR) is 146 cm³/mol. The van der Waals surface area contributed by atoms with Crippen LogP contribution in [0.3, 0.4) is 0 Å². The molecule has 0 radical (unpaired) electrons. The molecule has 36 heavy (non-hydrogen) atoms. The van der Waals surface area contributed by atoms with Crippen LogP contribution in [0.5, 0.6) is 5.75 Å². The number of nitrogens with zero attached hydrogens (tertiary/aromatic N) is 3. The summed E-state index contributed by atoms with van der Waals surface area (Å²) in [5.41, 5.74) is 6.28. The third kappa shape index (κ3) is 4.44. The molecule has 1 aliphatic carbocycles. The summed E-state index contributed by atoms with van der Waals surface area (Å²) in [6.07, 6.45) is 6.37. The fourth-order valence-corrected chi connectivity index (χ4v) is 5.96. The molecule has 190 valence electrons. The normalized spacial score (nSPS) is 19.5. The van der Waals surface area contributed by atoms with Crippen LogP contribution >= 0.6 is 0 Å². The molecule has 0 spiro atoms. The smallest absolute Gasteiger partial charge is 0.245 e. The van der Waals surface area contributed by atoms with Crippen molar-refractivity contribution in [2.24, 2.45) is 5.92 Å². The molecular formula is C30H38N4O2. The Bertz CT molecular complexity index is 1260. The molecule has 6 nitrogen and oxygen atoms in total. The van der Waals surface area contributed by atoms with Crippen LogP contribution in [-0.4, -0.2) is 65.1 Å². The summed E-state index contributed by atoms with van der Waals surface area (Å²) in [5.74, 6) is 0.837. The van der Waals surface area contributed by atoms with Gasteiger partial charge in [0.25, 0.3) is 0 Å². The van der Waals surface area contributed by atoms with E-state index in [0.717, 1.165) is 31.7 Å². The largest absolute Gasteiger partial charge is 0.497 e. The standard InChI is InChI=1S/C30H38N4O2/c1-6-14-33(18-21-10-12-24(36-5)13-11-21)34(20(2)3)30(35)23-15-26-25-8-7-9-27-29(25)22(17-31-27)16-28(26)32(4)19-23/h7-13,15,17,20,23,28,31H,6,14,16,18-19H2,1-5H3/t23-,28-/m1/s1. The summed E-state index contributed by atoms with van der Waals surface area (Å²) < 4.78 is 5.32. The van der Waals surface area contributed by atoms with Gasteiger partial charge in [-0.25, -0.2) is 5.01 Å². The highest BCUT2D eigenvalue weighted by molar-refractivity contribution is 5.99. The van der Waals surface area contributed by atoms with Gasteiger partial charge in [0.2, 0.25) is 5.91 Å². The number of methoxy groups -OCH3 is 1. The Balaban J connectivity index is 1.46. The minimum atomic E-state index is -0.186. The van der Waals surface area contributed by atoms with Crippen molar-refractivity contribution >= 4 is 22.4 Å². The molecule has 2 heterocycles. The number of rotatable bonds is 8. The van der Waals surface area contributed by atoms with E-state index in [9.17, 15) is 4.79 Å². The first-order chi connectivity index (χ1) is 17.4. The lowest BCUT2D eigenvalue weighted by Gasteiger charge is -2.43. The Morgan fingerprint density at radius 3 is 2.67 bits per heavy atom. The van der Waals surface area contributed by atoms with E-state index in [1.807, 2.05) is 17.1 Å². The van der Waals surface area contributed by atoms with Crippen LogP contribution in [0.2, 0.25) is 0 Å². The SMILES string of the molecule is CCCN(Cc1ccc(OC)cc1)N(C(=O)[C@@H]1C=C2c3cccc4[nH]cc(c34)C[C@H]2N(C)C1)C(C)C. The number of H-pyrrole nitrogens is 1. The monoisotopic (exact) mass is 486 g/mol. The number of ether oxygens (including phenoxy) is 1. The number of aromatic amines is 1. The van der Waals surface area contributed by atoms with E-state index in [2.05, 4.69) is 85.3 Å². The van der Waals surface area contributed by atoms with E-state index in [0.29, 0.717) is 12.6 Å². The fraction of sp³-hybridized carbons (Fsp3) is 0.433. The molecule has 0 saturated carbocycles. The third-order valence-corrected chi connectivity index (χ3v) is 7.61. The molecule has 0 saturated heterocycles. The molecule has 5 rings (SSSR count). The van der Waals surface area contributed by atoms with E-state index >= 15 is 0 Å². The number of benzene rings is 2. The summed E-state index contributed by atoms with van der Waals surface area (Å²) in [6, 6.07) is 15.0. The van der Waals surface area contributed by atoms with Crippen LogP contribution in [0.1, 0.15) is 43.9 Å². The minimum absolute atomic E-state index is 0.0646. The second-order valence-electron chi connectivity index (χ2n) is 10.4. The first kappa shape index (κ1) is 24.6. The number of amides is 1. The van der Waals surface area contributed by atoms with Gasteiger partial charge < -0.3 is 9.72 Å². The number of hydrogen-bond acceptors (Lipinski definition) is 4. The number of nitrogens with one attached hydrogen (secondary N) is 1. The maximum absolute atomic E-state index is 14.2. The highest BCUT2D eigenvalue weighted by Gasteiger charge is 2.38. The van der Waals surface area contributed by atoms with Gasteiger partial charge in [0.05, 0.1) is 13.0 Å². The van der Waals surface area contributed by atoms with Gasteiger partial charge in [-0.15, -0.1) is 0 Å². The predicted octanol–water partition coefficient (Wildman–Crippen LogP) is 5.11. The van der Waals surface area contributed by atoms with Gasteiger partial charge in [-0.2, -0.15) is 0 Å². The van der Waals surface area contributed by atoms with Gasteiger partial charge in [-0.3, -0.25) is 14.7 Å². The molecule has 1 aliphatic heterocycles. The molecule has 3 aromatic rings. The first-order valence-electron chi connectivity index (χ1n) is 13.1.